The van der Waals surface area contributed by atoms with E-state index in [9.17, 15) is 14.4 Å². The van der Waals surface area contributed by atoms with Gasteiger partial charge in [0.25, 0.3) is 17.0 Å². The van der Waals surface area contributed by atoms with Crippen LogP contribution < -0.4 is 16.4 Å². The Balaban J connectivity index is 1.98. The van der Waals surface area contributed by atoms with E-state index in [1.165, 1.54) is 6.20 Å². The lowest BCUT2D eigenvalue weighted by Crippen LogP contribution is -2.24. The topological polar surface area (TPSA) is 94.8 Å². The third-order valence-corrected chi connectivity index (χ3v) is 3.43. The van der Waals surface area contributed by atoms with Gasteiger partial charge in [-0.25, -0.2) is 0 Å². The van der Waals surface area contributed by atoms with Crippen LogP contribution in [0.2, 0.25) is 0 Å². The maximum atomic E-state index is 12.3. The van der Waals surface area contributed by atoms with Crippen molar-refractivity contribution < 1.29 is 4.79 Å². The minimum absolute atomic E-state index is 0.0773. The van der Waals surface area contributed by atoms with Gasteiger partial charge in [-0.05, 0) is 48.2 Å². The lowest BCUT2D eigenvalue weighted by molar-refractivity contribution is 0.102. The minimum Gasteiger partial charge on any atom is -0.329 e. The Morgan fingerprint density at radius 1 is 1.00 bits per heavy atom. The van der Waals surface area contributed by atoms with Gasteiger partial charge in [0, 0.05) is 23.5 Å². The summed E-state index contributed by atoms with van der Waals surface area (Å²) in [6.45, 7) is 1.70. The number of hydrogen-bond donors (Lipinski definition) is 3. The third-order valence-electron chi connectivity index (χ3n) is 3.43. The largest absolute Gasteiger partial charge is 0.329 e. The summed E-state index contributed by atoms with van der Waals surface area (Å²) < 4.78 is 0. The number of aromatic nitrogens is 2. The van der Waals surface area contributed by atoms with Gasteiger partial charge in [0.2, 0.25) is 0 Å². The summed E-state index contributed by atoms with van der Waals surface area (Å²) in [6, 6.07) is 8.35. The molecule has 110 valence electrons. The van der Waals surface area contributed by atoms with Gasteiger partial charge in [-0.15, -0.1) is 0 Å². The highest BCUT2D eigenvalue weighted by Gasteiger charge is 2.13. The average molecular weight is 295 g/mol. The number of benzene rings is 1. The quantitative estimate of drug-likeness (QED) is 0.672. The van der Waals surface area contributed by atoms with Crippen molar-refractivity contribution in [3.8, 4) is 0 Å². The van der Waals surface area contributed by atoms with Crippen molar-refractivity contribution >= 4 is 22.4 Å². The van der Waals surface area contributed by atoms with Gasteiger partial charge in [0.05, 0.1) is 0 Å². The maximum Gasteiger partial charge on any atom is 0.261 e. The molecule has 1 amide bonds. The number of pyridine rings is 2. The third kappa shape index (κ3) is 2.42. The summed E-state index contributed by atoms with van der Waals surface area (Å²) >= 11 is 0. The lowest BCUT2D eigenvalue weighted by atomic mass is 10.1. The molecule has 0 radical (unpaired) electrons. The van der Waals surface area contributed by atoms with Crippen LogP contribution in [0.4, 0.5) is 5.69 Å². The summed E-state index contributed by atoms with van der Waals surface area (Å²) in [5.41, 5.74) is 0.568. The van der Waals surface area contributed by atoms with Gasteiger partial charge >= 0.3 is 0 Å². The Hall–Kier alpha value is -3.15. The van der Waals surface area contributed by atoms with E-state index in [0.717, 1.165) is 0 Å². The summed E-state index contributed by atoms with van der Waals surface area (Å²) in [4.78, 5) is 40.7. The maximum absolute atomic E-state index is 12.3. The molecule has 0 aliphatic carbocycles. The van der Waals surface area contributed by atoms with E-state index in [1.807, 2.05) is 0 Å². The second kappa shape index (κ2) is 5.33. The SMILES string of the molecule is Cc1cc[nH]c(=O)c1C(=O)Nc1ccc2c(=O)[nH]ccc2c1. The fraction of sp³-hybridized carbons (Fsp3) is 0.0625. The average Bonchev–Trinajstić information content (AvgIpc) is 2.47. The Labute approximate surface area is 124 Å². The number of fused-ring (bicyclic) bond motifs is 1. The van der Waals surface area contributed by atoms with Crippen molar-refractivity contribution in [2.75, 3.05) is 5.32 Å². The van der Waals surface area contributed by atoms with Crippen LogP contribution >= 0.6 is 0 Å². The van der Waals surface area contributed by atoms with E-state index in [-0.39, 0.29) is 11.1 Å². The summed E-state index contributed by atoms with van der Waals surface area (Å²) in [7, 11) is 0. The van der Waals surface area contributed by atoms with Crippen LogP contribution in [-0.4, -0.2) is 15.9 Å². The molecule has 0 saturated carbocycles. The zero-order valence-electron chi connectivity index (χ0n) is 11.8. The molecule has 22 heavy (non-hydrogen) atoms. The molecule has 0 aliphatic rings. The first-order valence-electron chi connectivity index (χ1n) is 6.67. The lowest BCUT2D eigenvalue weighted by Gasteiger charge is -2.07. The second-order valence-corrected chi connectivity index (χ2v) is 4.93. The number of amides is 1. The van der Waals surface area contributed by atoms with Gasteiger partial charge in [-0.3, -0.25) is 14.4 Å². The van der Waals surface area contributed by atoms with Crippen LogP contribution in [0.25, 0.3) is 10.8 Å². The zero-order valence-corrected chi connectivity index (χ0v) is 11.8. The van der Waals surface area contributed by atoms with Gasteiger partial charge < -0.3 is 15.3 Å². The molecule has 0 unspecified atom stereocenters. The van der Waals surface area contributed by atoms with Crippen molar-refractivity contribution in [3.05, 3.63) is 74.6 Å². The molecule has 3 rings (SSSR count). The molecule has 1 aromatic carbocycles. The van der Waals surface area contributed by atoms with Gasteiger partial charge in [-0.1, -0.05) is 0 Å². The number of hydrogen-bond acceptors (Lipinski definition) is 3. The molecular weight excluding hydrogens is 282 g/mol. The van der Waals surface area contributed by atoms with E-state index in [0.29, 0.717) is 22.0 Å². The van der Waals surface area contributed by atoms with Crippen molar-refractivity contribution in [1.29, 1.82) is 0 Å². The summed E-state index contributed by atoms with van der Waals surface area (Å²) in [6.07, 6.45) is 3.04. The van der Waals surface area contributed by atoms with E-state index >= 15 is 0 Å². The fourth-order valence-corrected chi connectivity index (χ4v) is 2.32. The van der Waals surface area contributed by atoms with Crippen LogP contribution in [-0.2, 0) is 0 Å². The number of aromatic amines is 2. The Bertz CT molecular complexity index is 986. The number of rotatable bonds is 2. The predicted molar refractivity (Wildman–Crippen MR) is 84.3 cm³/mol. The molecule has 2 heterocycles. The molecule has 0 bridgehead atoms. The van der Waals surface area contributed by atoms with E-state index < -0.39 is 11.5 Å². The molecule has 0 saturated heterocycles. The zero-order chi connectivity index (χ0) is 15.7. The number of carbonyl (C=O) groups excluding carboxylic acids is 1. The fourth-order valence-electron chi connectivity index (χ4n) is 2.32. The van der Waals surface area contributed by atoms with Crippen LogP contribution in [0.1, 0.15) is 15.9 Å². The Morgan fingerprint density at radius 3 is 2.50 bits per heavy atom. The van der Waals surface area contributed by atoms with Gasteiger partial charge in [0.15, 0.2) is 0 Å². The molecule has 6 nitrogen and oxygen atoms in total. The highest BCUT2D eigenvalue weighted by Crippen LogP contribution is 2.16. The van der Waals surface area contributed by atoms with Gasteiger partial charge in [0.1, 0.15) is 5.56 Å². The first-order valence-corrected chi connectivity index (χ1v) is 6.67. The van der Waals surface area contributed by atoms with E-state index in [4.69, 9.17) is 0 Å². The van der Waals surface area contributed by atoms with E-state index in [2.05, 4.69) is 15.3 Å². The van der Waals surface area contributed by atoms with Crippen molar-refractivity contribution in [2.24, 2.45) is 0 Å². The molecule has 0 fully saturated rings. The molecule has 0 aliphatic heterocycles. The van der Waals surface area contributed by atoms with Crippen LogP contribution in [0, 0.1) is 6.92 Å². The van der Waals surface area contributed by atoms with Crippen molar-refractivity contribution in [3.63, 3.8) is 0 Å². The molecule has 3 N–H and O–H groups in total. The number of nitrogens with one attached hydrogen (secondary N) is 3. The Kier molecular flexibility index (Phi) is 3.34. The molecule has 0 atom stereocenters. The van der Waals surface area contributed by atoms with Crippen LogP contribution in [0.5, 0.6) is 0 Å². The Morgan fingerprint density at radius 2 is 1.73 bits per heavy atom. The highest BCUT2D eigenvalue weighted by atomic mass is 16.2. The molecule has 0 spiro atoms. The monoisotopic (exact) mass is 295 g/mol. The normalized spacial score (nSPS) is 10.6. The first kappa shape index (κ1) is 13.8. The minimum atomic E-state index is -0.483. The standard InChI is InChI=1S/C16H13N3O3/c1-9-4-6-18-15(21)13(9)16(22)19-11-2-3-12-10(8-11)5-7-17-14(12)20/h2-8H,1H3,(H,17,20)(H,18,21)(H,19,22). The summed E-state index contributed by atoms with van der Waals surface area (Å²) in [5.74, 6) is -0.483. The van der Waals surface area contributed by atoms with E-state index in [1.54, 1.807) is 43.5 Å². The van der Waals surface area contributed by atoms with Gasteiger partial charge in [-0.2, -0.15) is 0 Å². The van der Waals surface area contributed by atoms with Crippen LogP contribution in [0.3, 0.4) is 0 Å². The number of H-pyrrole nitrogens is 2. The van der Waals surface area contributed by atoms with Crippen molar-refractivity contribution in [1.82, 2.24) is 9.97 Å². The van der Waals surface area contributed by atoms with Crippen molar-refractivity contribution in [2.45, 2.75) is 6.92 Å². The molecule has 2 aromatic heterocycles. The number of carbonyl (C=O) groups is 1. The molecule has 3 aromatic rings. The highest BCUT2D eigenvalue weighted by molar-refractivity contribution is 6.05. The smallest absolute Gasteiger partial charge is 0.261 e. The summed E-state index contributed by atoms with van der Waals surface area (Å²) in [5, 5.41) is 3.93. The van der Waals surface area contributed by atoms with Crippen LogP contribution in [0.15, 0.2) is 52.3 Å². The second-order valence-electron chi connectivity index (χ2n) is 4.93. The molecular formula is C16H13N3O3. The number of anilines is 1. The predicted octanol–water partition coefficient (Wildman–Crippen LogP) is 1.78. The number of aryl methyl sites for hydroxylation is 1. The first-order chi connectivity index (χ1) is 10.6. The molecule has 6 heteroatoms.